The minimum Gasteiger partial charge on any atom is -0.467 e. The minimum atomic E-state index is -0.139. The summed E-state index contributed by atoms with van der Waals surface area (Å²) in [5, 5.41) is 2.94. The number of aromatic nitrogens is 2. The van der Waals surface area contributed by atoms with Crippen molar-refractivity contribution in [3.8, 4) is 0 Å². The number of ether oxygens (including phenoxy) is 1. The van der Waals surface area contributed by atoms with E-state index in [2.05, 4.69) is 20.2 Å². The van der Waals surface area contributed by atoms with Crippen molar-refractivity contribution in [1.29, 1.82) is 0 Å². The third-order valence-corrected chi connectivity index (χ3v) is 4.56. The number of nitrogens with zero attached hydrogens (tertiary/aromatic N) is 3. The summed E-state index contributed by atoms with van der Waals surface area (Å²) >= 11 is 0. The summed E-state index contributed by atoms with van der Waals surface area (Å²) in [6.45, 7) is 3.73. The Labute approximate surface area is 140 Å². The zero-order valence-electron chi connectivity index (χ0n) is 13.5. The maximum Gasteiger partial charge on any atom is 0.226 e. The molecule has 2 aromatic rings. The molecule has 0 saturated carbocycles. The Morgan fingerprint density at radius 3 is 2.96 bits per heavy atom. The molecule has 2 aromatic heterocycles. The van der Waals surface area contributed by atoms with E-state index in [0.717, 1.165) is 24.3 Å². The second kappa shape index (κ2) is 6.24. The highest BCUT2D eigenvalue weighted by molar-refractivity contribution is 5.79. The molecule has 0 radical (unpaired) electrons. The number of amides is 1. The molecular weight excluding hydrogens is 308 g/mol. The molecule has 126 valence electrons. The van der Waals surface area contributed by atoms with E-state index in [0.29, 0.717) is 19.0 Å². The van der Waals surface area contributed by atoms with E-state index < -0.39 is 0 Å². The number of carbonyl (C=O) groups is 1. The highest BCUT2D eigenvalue weighted by atomic mass is 16.5. The first-order chi connectivity index (χ1) is 11.7. The first-order valence-electron chi connectivity index (χ1n) is 8.18. The summed E-state index contributed by atoms with van der Waals surface area (Å²) in [5.41, 5.74) is 1.03. The Hall–Kier alpha value is -2.41. The van der Waals surface area contributed by atoms with Gasteiger partial charge in [0.15, 0.2) is 0 Å². The van der Waals surface area contributed by atoms with Crippen LogP contribution in [0.2, 0.25) is 0 Å². The molecule has 1 amide bonds. The summed E-state index contributed by atoms with van der Waals surface area (Å²) in [6.07, 6.45) is 5.89. The molecule has 2 bridgehead atoms. The van der Waals surface area contributed by atoms with Crippen molar-refractivity contribution in [2.45, 2.75) is 32.1 Å². The molecule has 0 aromatic carbocycles. The summed E-state index contributed by atoms with van der Waals surface area (Å²) in [6, 6.07) is 3.66. The molecule has 2 aliphatic heterocycles. The fraction of sp³-hybridized carbons (Fsp3) is 0.471. The number of hydrogen-bond acceptors (Lipinski definition) is 6. The van der Waals surface area contributed by atoms with Crippen LogP contribution in [0, 0.1) is 12.8 Å². The van der Waals surface area contributed by atoms with E-state index in [1.54, 1.807) is 6.26 Å². The number of morpholine rings is 1. The van der Waals surface area contributed by atoms with E-state index >= 15 is 0 Å². The van der Waals surface area contributed by atoms with Crippen LogP contribution < -0.4 is 10.2 Å². The van der Waals surface area contributed by atoms with Gasteiger partial charge in [0.25, 0.3) is 0 Å². The predicted molar refractivity (Wildman–Crippen MR) is 86.3 cm³/mol. The number of aryl methyl sites for hydroxylation is 1. The fourth-order valence-corrected chi connectivity index (χ4v) is 3.36. The largest absolute Gasteiger partial charge is 0.467 e. The van der Waals surface area contributed by atoms with Crippen molar-refractivity contribution in [1.82, 2.24) is 15.3 Å². The van der Waals surface area contributed by atoms with Gasteiger partial charge in [-0.3, -0.25) is 4.79 Å². The molecule has 3 atom stereocenters. The number of rotatable bonds is 4. The molecule has 2 aliphatic rings. The van der Waals surface area contributed by atoms with Crippen LogP contribution >= 0.6 is 0 Å². The van der Waals surface area contributed by atoms with E-state index in [9.17, 15) is 4.79 Å². The van der Waals surface area contributed by atoms with Gasteiger partial charge in [-0.25, -0.2) is 9.97 Å². The maximum atomic E-state index is 12.5. The lowest BCUT2D eigenvalue weighted by atomic mass is 9.99. The van der Waals surface area contributed by atoms with Gasteiger partial charge < -0.3 is 19.4 Å². The third kappa shape index (κ3) is 2.99. The first-order valence-corrected chi connectivity index (χ1v) is 8.18. The van der Waals surface area contributed by atoms with Gasteiger partial charge in [0.2, 0.25) is 11.9 Å². The minimum absolute atomic E-state index is 0.0191. The Balaban J connectivity index is 1.39. The average Bonchev–Trinajstić information content (AvgIpc) is 3.21. The van der Waals surface area contributed by atoms with Crippen molar-refractivity contribution in [2.75, 3.05) is 18.0 Å². The molecular formula is C17H20N4O3. The third-order valence-electron chi connectivity index (χ3n) is 4.56. The zero-order chi connectivity index (χ0) is 16.5. The molecule has 0 spiro atoms. The zero-order valence-corrected chi connectivity index (χ0v) is 13.5. The highest BCUT2D eigenvalue weighted by Gasteiger charge is 2.45. The monoisotopic (exact) mass is 328 g/mol. The molecule has 2 fully saturated rings. The molecule has 0 unspecified atom stereocenters. The Morgan fingerprint density at radius 2 is 2.21 bits per heavy atom. The second-order valence-corrected chi connectivity index (χ2v) is 6.40. The Morgan fingerprint density at radius 1 is 1.38 bits per heavy atom. The summed E-state index contributed by atoms with van der Waals surface area (Å²) in [5.74, 6) is 1.33. The number of fused-ring (bicyclic) bond motifs is 2. The SMILES string of the molecule is Cc1cnc(N2C[C@H]3C[C@H](C(=O)NCc4ccco4)[C@@H](C2)O3)nc1. The van der Waals surface area contributed by atoms with Crippen LogP contribution in [0.4, 0.5) is 5.95 Å². The molecule has 0 aliphatic carbocycles. The highest BCUT2D eigenvalue weighted by Crippen LogP contribution is 2.33. The molecule has 7 nitrogen and oxygen atoms in total. The van der Waals surface area contributed by atoms with Gasteiger partial charge in [0.1, 0.15) is 5.76 Å². The van der Waals surface area contributed by atoms with Crippen molar-refractivity contribution >= 4 is 11.9 Å². The number of carbonyl (C=O) groups excluding carboxylic acids is 1. The lowest BCUT2D eigenvalue weighted by Crippen LogP contribution is -2.46. The number of hydrogen-bond donors (Lipinski definition) is 1. The van der Waals surface area contributed by atoms with Crippen LogP contribution in [0.15, 0.2) is 35.2 Å². The lowest BCUT2D eigenvalue weighted by molar-refractivity contribution is -0.127. The summed E-state index contributed by atoms with van der Waals surface area (Å²) < 4.78 is 11.2. The predicted octanol–water partition coefficient (Wildman–Crippen LogP) is 1.29. The maximum absolute atomic E-state index is 12.5. The van der Waals surface area contributed by atoms with Gasteiger partial charge in [-0.05, 0) is 31.0 Å². The molecule has 2 saturated heterocycles. The van der Waals surface area contributed by atoms with E-state index in [1.807, 2.05) is 31.5 Å². The number of nitrogens with one attached hydrogen (secondary N) is 1. The van der Waals surface area contributed by atoms with E-state index in [-0.39, 0.29) is 24.0 Å². The topological polar surface area (TPSA) is 80.5 Å². The van der Waals surface area contributed by atoms with Crippen molar-refractivity contribution < 1.29 is 13.9 Å². The van der Waals surface area contributed by atoms with Crippen LogP contribution in [-0.2, 0) is 16.1 Å². The normalized spacial score (nSPS) is 25.7. The summed E-state index contributed by atoms with van der Waals surface area (Å²) in [7, 11) is 0. The van der Waals surface area contributed by atoms with Gasteiger partial charge in [0, 0.05) is 25.5 Å². The standard InChI is InChI=1S/C17H20N4O3/c1-11-6-19-17(20-7-11)21-9-13-5-14(15(10-21)24-13)16(22)18-8-12-3-2-4-23-12/h2-4,6-7,13-15H,5,8-10H2,1H3,(H,18,22)/t13-,14+,15-/m1/s1. The van der Waals surface area contributed by atoms with Crippen LogP contribution in [0.1, 0.15) is 17.7 Å². The van der Waals surface area contributed by atoms with Gasteiger partial charge in [-0.2, -0.15) is 0 Å². The van der Waals surface area contributed by atoms with Crippen LogP contribution in [0.5, 0.6) is 0 Å². The van der Waals surface area contributed by atoms with Gasteiger partial charge in [-0.15, -0.1) is 0 Å². The van der Waals surface area contributed by atoms with Gasteiger partial charge in [-0.1, -0.05) is 0 Å². The Kier molecular flexibility index (Phi) is 3.93. The van der Waals surface area contributed by atoms with Crippen molar-refractivity contribution in [3.05, 3.63) is 42.1 Å². The fourth-order valence-electron chi connectivity index (χ4n) is 3.36. The summed E-state index contributed by atoms with van der Waals surface area (Å²) in [4.78, 5) is 23.4. The van der Waals surface area contributed by atoms with Crippen molar-refractivity contribution in [3.63, 3.8) is 0 Å². The molecule has 4 rings (SSSR count). The molecule has 4 heterocycles. The smallest absolute Gasteiger partial charge is 0.226 e. The molecule has 7 heteroatoms. The number of anilines is 1. The molecule has 24 heavy (non-hydrogen) atoms. The number of furan rings is 1. The van der Waals surface area contributed by atoms with E-state index in [4.69, 9.17) is 9.15 Å². The van der Waals surface area contributed by atoms with Gasteiger partial charge >= 0.3 is 0 Å². The average molecular weight is 328 g/mol. The van der Waals surface area contributed by atoms with Crippen molar-refractivity contribution in [2.24, 2.45) is 5.92 Å². The Bertz CT molecular complexity index is 701. The van der Waals surface area contributed by atoms with Crippen LogP contribution in [0.3, 0.4) is 0 Å². The van der Waals surface area contributed by atoms with Crippen LogP contribution in [-0.4, -0.2) is 41.2 Å². The van der Waals surface area contributed by atoms with E-state index in [1.165, 1.54) is 0 Å². The molecule has 1 N–H and O–H groups in total. The second-order valence-electron chi connectivity index (χ2n) is 6.40. The first kappa shape index (κ1) is 15.1. The van der Waals surface area contributed by atoms with Gasteiger partial charge in [0.05, 0.1) is 30.9 Å². The van der Waals surface area contributed by atoms with Crippen LogP contribution in [0.25, 0.3) is 0 Å². The lowest BCUT2D eigenvalue weighted by Gasteiger charge is -2.32. The quantitative estimate of drug-likeness (QED) is 0.911.